The highest BCUT2D eigenvalue weighted by Crippen LogP contribution is 2.34. The Balaban J connectivity index is 2.41. The Labute approximate surface area is 102 Å². The average Bonchev–Trinajstić information content (AvgIpc) is 2.29. The molecule has 0 aromatic rings. The molecule has 1 rings (SSSR count). The summed E-state index contributed by atoms with van der Waals surface area (Å²) in [6.07, 6.45) is 4.07. The summed E-state index contributed by atoms with van der Waals surface area (Å²) in [6.45, 7) is 15.3. The molecule has 1 saturated heterocycles. The van der Waals surface area contributed by atoms with Gasteiger partial charge in [-0.2, -0.15) is 0 Å². The van der Waals surface area contributed by atoms with Crippen LogP contribution in [0.25, 0.3) is 0 Å². The van der Waals surface area contributed by atoms with Crippen molar-refractivity contribution in [3.63, 3.8) is 0 Å². The smallest absolute Gasteiger partial charge is 0.0218 e. The van der Waals surface area contributed by atoms with Crippen molar-refractivity contribution in [2.45, 2.75) is 66.0 Å². The van der Waals surface area contributed by atoms with Crippen LogP contribution in [0, 0.1) is 5.41 Å². The lowest BCUT2D eigenvalue weighted by Gasteiger charge is -2.43. The first-order valence-corrected chi connectivity index (χ1v) is 7.00. The quantitative estimate of drug-likeness (QED) is 0.775. The van der Waals surface area contributed by atoms with Gasteiger partial charge in [0.15, 0.2) is 0 Å². The molecule has 0 aliphatic carbocycles. The Hall–Kier alpha value is -0.0800. The maximum absolute atomic E-state index is 3.54. The monoisotopic (exact) mass is 226 g/mol. The molecule has 2 atom stereocenters. The summed E-state index contributed by atoms with van der Waals surface area (Å²) >= 11 is 0. The summed E-state index contributed by atoms with van der Waals surface area (Å²) in [5.41, 5.74) is 0.609. The van der Waals surface area contributed by atoms with E-state index in [4.69, 9.17) is 0 Å². The number of hydrogen-bond donors (Lipinski definition) is 1. The Morgan fingerprint density at radius 1 is 1.19 bits per heavy atom. The average molecular weight is 226 g/mol. The van der Waals surface area contributed by atoms with Crippen LogP contribution < -0.4 is 5.32 Å². The fraction of sp³-hybridized carbons (Fsp3) is 1.00. The van der Waals surface area contributed by atoms with Crippen LogP contribution in [0.4, 0.5) is 0 Å². The van der Waals surface area contributed by atoms with Gasteiger partial charge in [0.25, 0.3) is 0 Å². The molecule has 2 unspecified atom stereocenters. The van der Waals surface area contributed by atoms with Crippen LogP contribution in [0.2, 0.25) is 0 Å². The van der Waals surface area contributed by atoms with Crippen molar-refractivity contribution in [3.8, 4) is 0 Å². The van der Waals surface area contributed by atoms with Crippen molar-refractivity contribution < 1.29 is 0 Å². The van der Waals surface area contributed by atoms with E-state index in [9.17, 15) is 0 Å². The van der Waals surface area contributed by atoms with E-state index in [0.717, 1.165) is 6.54 Å². The summed E-state index contributed by atoms with van der Waals surface area (Å²) in [5.74, 6) is 0. The Morgan fingerprint density at radius 2 is 1.75 bits per heavy atom. The van der Waals surface area contributed by atoms with Crippen LogP contribution in [-0.2, 0) is 0 Å². The van der Waals surface area contributed by atoms with Gasteiger partial charge in [-0.3, -0.25) is 4.90 Å². The van der Waals surface area contributed by atoms with Crippen LogP contribution >= 0.6 is 0 Å². The minimum atomic E-state index is 0.607. The lowest BCUT2D eigenvalue weighted by Crippen LogP contribution is -2.51. The van der Waals surface area contributed by atoms with Gasteiger partial charge in [0.05, 0.1) is 0 Å². The normalized spacial score (nSPS) is 25.3. The van der Waals surface area contributed by atoms with Crippen molar-refractivity contribution in [1.29, 1.82) is 0 Å². The first kappa shape index (κ1) is 14.0. The third-order valence-corrected chi connectivity index (χ3v) is 4.68. The largest absolute Gasteiger partial charge is 0.313 e. The Kier molecular flexibility index (Phi) is 5.26. The number of likely N-dealkylation sites (tertiary alicyclic amines) is 1. The van der Waals surface area contributed by atoms with E-state index in [1.54, 1.807) is 0 Å². The molecule has 2 nitrogen and oxygen atoms in total. The zero-order valence-corrected chi connectivity index (χ0v) is 11.8. The molecule has 0 amide bonds. The molecular formula is C14H30N2. The zero-order valence-electron chi connectivity index (χ0n) is 11.8. The van der Waals surface area contributed by atoms with Crippen molar-refractivity contribution in [2.24, 2.45) is 5.41 Å². The molecule has 96 valence electrons. The molecule has 1 fully saturated rings. The van der Waals surface area contributed by atoms with E-state index >= 15 is 0 Å². The maximum atomic E-state index is 3.54. The first-order valence-electron chi connectivity index (χ1n) is 7.00. The van der Waals surface area contributed by atoms with E-state index in [1.165, 1.54) is 32.4 Å². The summed E-state index contributed by atoms with van der Waals surface area (Å²) in [4.78, 5) is 2.66. The van der Waals surface area contributed by atoms with Crippen molar-refractivity contribution in [1.82, 2.24) is 10.2 Å². The molecule has 0 spiro atoms. The molecule has 1 aliphatic heterocycles. The topological polar surface area (TPSA) is 15.3 Å². The molecule has 0 saturated carbocycles. The van der Waals surface area contributed by atoms with E-state index in [2.05, 4.69) is 44.8 Å². The summed E-state index contributed by atoms with van der Waals surface area (Å²) in [5, 5.41) is 3.54. The molecular weight excluding hydrogens is 196 g/mol. The van der Waals surface area contributed by atoms with Crippen LogP contribution in [0.15, 0.2) is 0 Å². The molecule has 0 bridgehead atoms. The molecule has 2 heteroatoms. The molecule has 1 N–H and O–H groups in total. The minimum Gasteiger partial charge on any atom is -0.313 e. The second-order valence-electron chi connectivity index (χ2n) is 5.79. The maximum Gasteiger partial charge on any atom is 0.0218 e. The summed E-state index contributed by atoms with van der Waals surface area (Å²) < 4.78 is 0. The number of piperidine rings is 1. The van der Waals surface area contributed by atoms with Gasteiger partial charge in [0, 0.05) is 12.1 Å². The summed E-state index contributed by atoms with van der Waals surface area (Å²) in [6, 6.07) is 1.28. The number of rotatable bonds is 5. The fourth-order valence-corrected chi connectivity index (χ4v) is 2.63. The molecule has 0 aromatic heterocycles. The highest BCUT2D eigenvalue weighted by Gasteiger charge is 2.31. The van der Waals surface area contributed by atoms with E-state index < -0.39 is 0 Å². The predicted octanol–water partition coefficient (Wildman–Crippen LogP) is 2.89. The van der Waals surface area contributed by atoms with Gasteiger partial charge in [-0.25, -0.2) is 0 Å². The molecule has 1 aliphatic rings. The van der Waals surface area contributed by atoms with Gasteiger partial charge in [-0.05, 0) is 51.7 Å². The van der Waals surface area contributed by atoms with Crippen LogP contribution in [0.5, 0.6) is 0 Å². The highest BCUT2D eigenvalue weighted by atomic mass is 15.2. The second-order valence-corrected chi connectivity index (χ2v) is 5.79. The molecule has 0 radical (unpaired) electrons. The number of hydrogen-bond acceptors (Lipinski definition) is 2. The number of nitrogens with one attached hydrogen (secondary N) is 1. The fourth-order valence-electron chi connectivity index (χ4n) is 2.63. The standard InChI is InChI=1S/C14H30N2/c1-6-14(5)8-10-16(11-9-14)13(4)12(3)15-7-2/h12-13,15H,6-11H2,1-5H3. The van der Waals surface area contributed by atoms with E-state index in [1.807, 2.05) is 0 Å². The van der Waals surface area contributed by atoms with Crippen LogP contribution in [0.1, 0.15) is 53.9 Å². The van der Waals surface area contributed by atoms with Gasteiger partial charge in [0.1, 0.15) is 0 Å². The third-order valence-electron chi connectivity index (χ3n) is 4.68. The van der Waals surface area contributed by atoms with Crippen LogP contribution in [-0.4, -0.2) is 36.6 Å². The number of likely N-dealkylation sites (N-methyl/N-ethyl adjacent to an activating group) is 1. The van der Waals surface area contributed by atoms with Gasteiger partial charge in [0.2, 0.25) is 0 Å². The van der Waals surface area contributed by atoms with Gasteiger partial charge in [-0.1, -0.05) is 27.2 Å². The lowest BCUT2D eigenvalue weighted by molar-refractivity contribution is 0.0744. The minimum absolute atomic E-state index is 0.607. The summed E-state index contributed by atoms with van der Waals surface area (Å²) in [7, 11) is 0. The Bertz CT molecular complexity index is 195. The molecule has 1 heterocycles. The molecule has 16 heavy (non-hydrogen) atoms. The van der Waals surface area contributed by atoms with Gasteiger partial charge in [-0.15, -0.1) is 0 Å². The number of nitrogens with zero attached hydrogens (tertiary/aromatic N) is 1. The second kappa shape index (κ2) is 6.02. The van der Waals surface area contributed by atoms with Crippen molar-refractivity contribution in [3.05, 3.63) is 0 Å². The van der Waals surface area contributed by atoms with E-state index in [0.29, 0.717) is 17.5 Å². The van der Waals surface area contributed by atoms with Gasteiger partial charge < -0.3 is 5.32 Å². The highest BCUT2D eigenvalue weighted by molar-refractivity contribution is 4.86. The predicted molar refractivity (Wildman–Crippen MR) is 71.8 cm³/mol. The zero-order chi connectivity index (χ0) is 12.2. The Morgan fingerprint density at radius 3 is 2.19 bits per heavy atom. The van der Waals surface area contributed by atoms with Gasteiger partial charge >= 0.3 is 0 Å². The van der Waals surface area contributed by atoms with E-state index in [-0.39, 0.29) is 0 Å². The van der Waals surface area contributed by atoms with Crippen LogP contribution in [0.3, 0.4) is 0 Å². The van der Waals surface area contributed by atoms with Crippen molar-refractivity contribution in [2.75, 3.05) is 19.6 Å². The van der Waals surface area contributed by atoms with Crippen molar-refractivity contribution >= 4 is 0 Å². The lowest BCUT2D eigenvalue weighted by atomic mass is 9.78. The molecule has 0 aromatic carbocycles. The SMILES string of the molecule is CCNC(C)C(C)N1CCC(C)(CC)CC1. The first-order chi connectivity index (χ1) is 7.52. The third kappa shape index (κ3) is 3.46.